The van der Waals surface area contributed by atoms with Crippen molar-refractivity contribution in [1.82, 2.24) is 4.90 Å². The van der Waals surface area contributed by atoms with Crippen molar-refractivity contribution < 1.29 is 14.3 Å². The zero-order valence-corrected chi connectivity index (χ0v) is 13.6. The minimum atomic E-state index is -0.464. The van der Waals surface area contributed by atoms with Crippen molar-refractivity contribution in [2.24, 2.45) is 4.99 Å². The molecule has 0 spiro atoms. The van der Waals surface area contributed by atoms with Crippen LogP contribution >= 0.6 is 11.8 Å². The molecule has 0 bridgehead atoms. The van der Waals surface area contributed by atoms with E-state index in [1.54, 1.807) is 38.4 Å². The van der Waals surface area contributed by atoms with E-state index in [1.807, 2.05) is 6.92 Å². The van der Waals surface area contributed by atoms with E-state index in [0.717, 1.165) is 5.75 Å². The van der Waals surface area contributed by atoms with Gasteiger partial charge in [0.05, 0.1) is 6.61 Å². The van der Waals surface area contributed by atoms with Crippen LogP contribution in [0.3, 0.4) is 0 Å². The molecule has 118 valence electrons. The number of hydrogen-bond acceptors (Lipinski definition) is 5. The minimum absolute atomic E-state index is 0.105. The number of nitrogens with one attached hydrogen (secondary N) is 1. The van der Waals surface area contributed by atoms with Crippen molar-refractivity contribution in [3.8, 4) is 5.75 Å². The fraction of sp³-hybridized carbons (Fsp3) is 0.400. The largest absolute Gasteiger partial charge is 0.494 e. The van der Waals surface area contributed by atoms with Gasteiger partial charge in [0.1, 0.15) is 11.0 Å². The Hall–Kier alpha value is -2.02. The van der Waals surface area contributed by atoms with Crippen LogP contribution in [0.25, 0.3) is 0 Å². The average Bonchev–Trinajstić information content (AvgIpc) is 2.52. The van der Waals surface area contributed by atoms with Gasteiger partial charge >= 0.3 is 0 Å². The maximum atomic E-state index is 12.3. The van der Waals surface area contributed by atoms with Crippen molar-refractivity contribution in [2.45, 2.75) is 18.6 Å². The van der Waals surface area contributed by atoms with E-state index >= 15 is 0 Å². The molecule has 2 amide bonds. The summed E-state index contributed by atoms with van der Waals surface area (Å²) in [5, 5.41) is 2.91. The van der Waals surface area contributed by atoms with Gasteiger partial charge in [-0.1, -0.05) is 11.8 Å². The Morgan fingerprint density at radius 3 is 2.73 bits per heavy atom. The van der Waals surface area contributed by atoms with Gasteiger partial charge in [-0.2, -0.15) is 0 Å². The van der Waals surface area contributed by atoms with E-state index in [2.05, 4.69) is 10.3 Å². The summed E-state index contributed by atoms with van der Waals surface area (Å²) in [6, 6.07) is 7.15. The minimum Gasteiger partial charge on any atom is -0.494 e. The first kappa shape index (κ1) is 16.4. The van der Waals surface area contributed by atoms with E-state index in [9.17, 15) is 9.59 Å². The molecule has 1 aliphatic rings. The zero-order chi connectivity index (χ0) is 16.1. The van der Waals surface area contributed by atoms with Gasteiger partial charge in [0.2, 0.25) is 11.8 Å². The summed E-state index contributed by atoms with van der Waals surface area (Å²) >= 11 is 1.30. The molecule has 7 heteroatoms. The number of anilines is 1. The summed E-state index contributed by atoms with van der Waals surface area (Å²) in [5.41, 5.74) is 0.676. The summed E-state index contributed by atoms with van der Waals surface area (Å²) in [5.74, 6) is 0.452. The van der Waals surface area contributed by atoms with Gasteiger partial charge in [0.25, 0.3) is 0 Å². The maximum Gasteiger partial charge on any atom is 0.238 e. The van der Waals surface area contributed by atoms with E-state index in [0.29, 0.717) is 17.5 Å². The van der Waals surface area contributed by atoms with E-state index in [4.69, 9.17) is 4.74 Å². The van der Waals surface area contributed by atoms with Crippen molar-refractivity contribution in [3.05, 3.63) is 24.3 Å². The molecule has 1 saturated heterocycles. The monoisotopic (exact) mass is 321 g/mol. The summed E-state index contributed by atoms with van der Waals surface area (Å²) in [6.07, 6.45) is 0.170. The molecule has 0 radical (unpaired) electrons. The molecular weight excluding hydrogens is 302 g/mol. The van der Waals surface area contributed by atoms with E-state index < -0.39 is 5.25 Å². The van der Waals surface area contributed by atoms with Crippen molar-refractivity contribution in [3.63, 3.8) is 0 Å². The number of carbonyl (C=O) groups is 2. The second-order valence-electron chi connectivity index (χ2n) is 4.72. The number of amidine groups is 1. The van der Waals surface area contributed by atoms with Crippen LogP contribution in [-0.2, 0) is 9.59 Å². The fourth-order valence-corrected chi connectivity index (χ4v) is 3.03. The van der Waals surface area contributed by atoms with Crippen LogP contribution in [0.5, 0.6) is 5.75 Å². The Morgan fingerprint density at radius 1 is 1.45 bits per heavy atom. The van der Waals surface area contributed by atoms with Crippen LogP contribution in [0.15, 0.2) is 29.3 Å². The van der Waals surface area contributed by atoms with Gasteiger partial charge in [0.15, 0.2) is 5.17 Å². The molecule has 1 aromatic carbocycles. The SMILES string of the molecule is CCOc1ccc(NC(=O)[C@@H]2CC(=O)N(C)C(=NC)S2)cc1. The number of benzene rings is 1. The standard InChI is InChI=1S/C15H19N3O3S/c1-4-21-11-7-5-10(6-8-11)17-14(20)12-9-13(19)18(3)15(16-2)22-12/h5-8,12H,4,9H2,1-3H3,(H,17,20)/t12-/m0/s1. The number of thioether (sulfide) groups is 1. The highest BCUT2D eigenvalue weighted by atomic mass is 32.2. The first-order valence-corrected chi connectivity index (χ1v) is 7.86. The predicted molar refractivity (Wildman–Crippen MR) is 88.4 cm³/mol. The third-order valence-electron chi connectivity index (χ3n) is 3.19. The topological polar surface area (TPSA) is 71.0 Å². The van der Waals surface area contributed by atoms with Crippen molar-refractivity contribution in [1.29, 1.82) is 0 Å². The Kier molecular flexibility index (Phi) is 5.43. The third-order valence-corrected chi connectivity index (χ3v) is 4.52. The highest BCUT2D eigenvalue weighted by Crippen LogP contribution is 2.26. The molecule has 0 aromatic heterocycles. The lowest BCUT2D eigenvalue weighted by atomic mass is 10.2. The first-order chi connectivity index (χ1) is 10.5. The number of amides is 2. The van der Waals surface area contributed by atoms with Crippen LogP contribution in [0.1, 0.15) is 13.3 Å². The van der Waals surface area contributed by atoms with Crippen LogP contribution in [-0.4, -0.2) is 47.8 Å². The van der Waals surface area contributed by atoms with Gasteiger partial charge in [-0.25, -0.2) is 0 Å². The molecule has 1 aliphatic heterocycles. The Labute approximate surface area is 133 Å². The Balaban J connectivity index is 2.01. The van der Waals surface area contributed by atoms with Crippen LogP contribution in [0.4, 0.5) is 5.69 Å². The third kappa shape index (κ3) is 3.79. The number of rotatable bonds is 4. The van der Waals surface area contributed by atoms with Crippen molar-refractivity contribution in [2.75, 3.05) is 26.0 Å². The second-order valence-corrected chi connectivity index (χ2v) is 5.89. The summed E-state index contributed by atoms with van der Waals surface area (Å²) in [7, 11) is 3.27. The molecule has 0 saturated carbocycles. The molecule has 2 rings (SSSR count). The quantitative estimate of drug-likeness (QED) is 0.920. The van der Waals surface area contributed by atoms with Gasteiger partial charge in [-0.3, -0.25) is 19.5 Å². The van der Waals surface area contributed by atoms with Crippen LogP contribution < -0.4 is 10.1 Å². The number of nitrogens with zero attached hydrogens (tertiary/aromatic N) is 2. The first-order valence-electron chi connectivity index (χ1n) is 6.99. The molecule has 0 unspecified atom stereocenters. The molecule has 0 aliphatic carbocycles. The average molecular weight is 321 g/mol. The normalized spacial score (nSPS) is 20.1. The van der Waals surface area contributed by atoms with Gasteiger partial charge in [-0.15, -0.1) is 0 Å². The van der Waals surface area contributed by atoms with Gasteiger partial charge in [-0.05, 0) is 31.2 Å². The Morgan fingerprint density at radius 2 is 2.14 bits per heavy atom. The molecule has 1 heterocycles. The number of ether oxygens (including phenoxy) is 1. The Bertz CT molecular complexity index is 586. The molecule has 1 fully saturated rings. The molecule has 1 atom stereocenters. The smallest absolute Gasteiger partial charge is 0.238 e. The highest BCUT2D eigenvalue weighted by Gasteiger charge is 2.33. The van der Waals surface area contributed by atoms with Crippen molar-refractivity contribution >= 4 is 34.4 Å². The lowest BCUT2D eigenvalue weighted by Gasteiger charge is -2.28. The maximum absolute atomic E-state index is 12.3. The number of aliphatic imine (C=N–C) groups is 1. The summed E-state index contributed by atoms with van der Waals surface area (Å²) in [4.78, 5) is 29.7. The zero-order valence-electron chi connectivity index (χ0n) is 12.8. The van der Waals surface area contributed by atoms with Gasteiger partial charge in [0, 0.05) is 26.2 Å². The molecule has 22 heavy (non-hydrogen) atoms. The second kappa shape index (κ2) is 7.31. The molecule has 1 aromatic rings. The number of carbonyl (C=O) groups excluding carboxylic acids is 2. The van der Waals surface area contributed by atoms with Gasteiger partial charge < -0.3 is 10.1 Å². The van der Waals surface area contributed by atoms with E-state index in [-0.39, 0.29) is 18.2 Å². The summed E-state index contributed by atoms with van der Waals surface area (Å²) < 4.78 is 5.35. The predicted octanol–water partition coefficient (Wildman–Crippen LogP) is 1.97. The molecule has 1 N–H and O–H groups in total. The lowest BCUT2D eigenvalue weighted by Crippen LogP contribution is -2.43. The van der Waals surface area contributed by atoms with Crippen LogP contribution in [0.2, 0.25) is 0 Å². The fourth-order valence-electron chi connectivity index (χ4n) is 2.02. The number of hydrogen-bond donors (Lipinski definition) is 1. The molecular formula is C15H19N3O3S. The highest BCUT2D eigenvalue weighted by molar-refractivity contribution is 8.15. The van der Waals surface area contributed by atoms with E-state index in [1.165, 1.54) is 16.7 Å². The van der Waals surface area contributed by atoms with Crippen LogP contribution in [0, 0.1) is 0 Å². The summed E-state index contributed by atoms with van der Waals surface area (Å²) in [6.45, 7) is 2.51. The lowest BCUT2D eigenvalue weighted by molar-refractivity contribution is -0.128. The molecule has 6 nitrogen and oxygen atoms in total.